The van der Waals surface area contributed by atoms with Crippen LogP contribution < -0.4 is 5.73 Å². The molecule has 21 heavy (non-hydrogen) atoms. The van der Waals surface area contributed by atoms with Gasteiger partial charge in [-0.2, -0.15) is 0 Å². The van der Waals surface area contributed by atoms with E-state index in [0.717, 1.165) is 43.6 Å². The van der Waals surface area contributed by atoms with E-state index in [-0.39, 0.29) is 18.7 Å². The molecule has 2 unspecified atom stereocenters. The minimum absolute atomic E-state index is 0.132. The molecule has 0 spiro atoms. The minimum Gasteiger partial charge on any atom is -0.395 e. The number of aliphatic hydroxyl groups is 1. The van der Waals surface area contributed by atoms with E-state index < -0.39 is 0 Å². The molecule has 2 rings (SSSR count). The van der Waals surface area contributed by atoms with Crippen LogP contribution >= 0.6 is 15.9 Å². The Hall–Kier alpha value is -0.460. The largest absolute Gasteiger partial charge is 0.395 e. The molecule has 1 saturated heterocycles. The summed E-state index contributed by atoms with van der Waals surface area (Å²) >= 11 is 3.67. The first-order valence-electron chi connectivity index (χ1n) is 7.74. The molecule has 1 aliphatic rings. The van der Waals surface area contributed by atoms with Crippen molar-refractivity contribution in [3.05, 3.63) is 34.3 Å². The zero-order valence-corrected chi connectivity index (χ0v) is 14.3. The first-order chi connectivity index (χ1) is 10.2. The van der Waals surface area contributed by atoms with Gasteiger partial charge in [-0.05, 0) is 18.1 Å². The van der Waals surface area contributed by atoms with Crippen molar-refractivity contribution in [3.8, 4) is 0 Å². The highest BCUT2D eigenvalue weighted by Gasteiger charge is 2.29. The van der Waals surface area contributed by atoms with E-state index in [0.29, 0.717) is 0 Å². The molecular weight excluding hydrogens is 330 g/mol. The van der Waals surface area contributed by atoms with Crippen molar-refractivity contribution in [1.82, 2.24) is 9.80 Å². The van der Waals surface area contributed by atoms with Gasteiger partial charge in [-0.3, -0.25) is 9.80 Å². The predicted octanol–water partition coefficient (Wildman–Crippen LogP) is 1.84. The van der Waals surface area contributed by atoms with E-state index in [1.54, 1.807) is 0 Å². The summed E-state index contributed by atoms with van der Waals surface area (Å²) < 4.78 is 1.14. The van der Waals surface area contributed by atoms with Crippen LogP contribution in [0.3, 0.4) is 0 Å². The minimum atomic E-state index is 0.132. The summed E-state index contributed by atoms with van der Waals surface area (Å²) in [6.07, 6.45) is 0.961. The zero-order chi connectivity index (χ0) is 15.2. The van der Waals surface area contributed by atoms with Gasteiger partial charge in [0.1, 0.15) is 0 Å². The van der Waals surface area contributed by atoms with Crippen LogP contribution in [0.15, 0.2) is 28.7 Å². The lowest BCUT2D eigenvalue weighted by atomic mass is 9.95. The van der Waals surface area contributed by atoms with E-state index in [1.807, 2.05) is 6.07 Å². The Kier molecular flexibility index (Phi) is 6.64. The average molecular weight is 356 g/mol. The maximum atomic E-state index is 9.05. The van der Waals surface area contributed by atoms with Crippen molar-refractivity contribution in [2.75, 3.05) is 39.3 Å². The third-order valence-electron chi connectivity index (χ3n) is 4.32. The molecule has 0 aromatic heterocycles. The van der Waals surface area contributed by atoms with E-state index in [9.17, 15) is 0 Å². The highest BCUT2D eigenvalue weighted by Crippen LogP contribution is 2.31. The second-order valence-corrected chi connectivity index (χ2v) is 6.49. The molecule has 0 amide bonds. The maximum absolute atomic E-state index is 9.05. The number of hydrogen-bond donors (Lipinski definition) is 2. The van der Waals surface area contributed by atoms with Gasteiger partial charge in [-0.25, -0.2) is 0 Å². The summed E-state index contributed by atoms with van der Waals surface area (Å²) in [5, 5.41) is 9.05. The highest BCUT2D eigenvalue weighted by molar-refractivity contribution is 9.10. The molecule has 118 valence electrons. The number of hydrogen-bond acceptors (Lipinski definition) is 4. The third kappa shape index (κ3) is 4.27. The lowest BCUT2D eigenvalue weighted by Crippen LogP contribution is -2.51. The van der Waals surface area contributed by atoms with E-state index in [4.69, 9.17) is 10.8 Å². The molecule has 0 bridgehead atoms. The fourth-order valence-corrected chi connectivity index (χ4v) is 3.56. The molecule has 3 N–H and O–H groups in total. The summed E-state index contributed by atoms with van der Waals surface area (Å²) in [5.41, 5.74) is 7.71. The molecule has 1 heterocycles. The number of rotatable bonds is 6. The Morgan fingerprint density at radius 3 is 2.48 bits per heavy atom. The van der Waals surface area contributed by atoms with E-state index in [1.165, 1.54) is 5.56 Å². The van der Waals surface area contributed by atoms with Crippen LogP contribution in [0.2, 0.25) is 0 Å². The molecule has 1 aromatic rings. The topological polar surface area (TPSA) is 52.7 Å². The van der Waals surface area contributed by atoms with Crippen molar-refractivity contribution in [1.29, 1.82) is 0 Å². The first-order valence-corrected chi connectivity index (χ1v) is 8.54. The van der Waals surface area contributed by atoms with Gasteiger partial charge in [0, 0.05) is 43.2 Å². The molecule has 4 nitrogen and oxygen atoms in total. The van der Waals surface area contributed by atoms with Gasteiger partial charge >= 0.3 is 0 Å². The molecular formula is C16H26BrN3O. The molecule has 1 aliphatic heterocycles. The smallest absolute Gasteiger partial charge is 0.0558 e. The lowest BCUT2D eigenvalue weighted by Gasteiger charge is -2.41. The normalized spacial score (nSPS) is 20.4. The number of β-amino-alcohol motifs (C(OH)–C–C–N with tert-alkyl or cyclic N) is 1. The molecule has 5 heteroatoms. The van der Waals surface area contributed by atoms with Crippen LogP contribution in [0.4, 0.5) is 0 Å². The number of benzene rings is 1. The summed E-state index contributed by atoms with van der Waals surface area (Å²) in [6.45, 7) is 7.15. The van der Waals surface area contributed by atoms with Crippen molar-refractivity contribution in [3.63, 3.8) is 0 Å². The van der Waals surface area contributed by atoms with Crippen LogP contribution in [0, 0.1) is 0 Å². The number of aliphatic hydroxyl groups excluding tert-OH is 1. The first kappa shape index (κ1) is 16.9. The molecule has 0 aliphatic carbocycles. The van der Waals surface area contributed by atoms with Crippen molar-refractivity contribution in [2.24, 2.45) is 5.73 Å². The number of nitrogens with zero attached hydrogens (tertiary/aromatic N) is 2. The second-order valence-electron chi connectivity index (χ2n) is 5.64. The fourth-order valence-electron chi connectivity index (χ4n) is 3.04. The maximum Gasteiger partial charge on any atom is 0.0558 e. The summed E-state index contributed by atoms with van der Waals surface area (Å²) in [5.74, 6) is 0. The van der Waals surface area contributed by atoms with Crippen LogP contribution in [-0.2, 0) is 0 Å². The SMILES string of the molecule is CCC(N)C(c1ccccc1Br)N1CCN(CCO)CC1. The lowest BCUT2D eigenvalue weighted by molar-refractivity contribution is 0.0731. The Morgan fingerprint density at radius 2 is 1.90 bits per heavy atom. The van der Waals surface area contributed by atoms with Gasteiger partial charge in [0.2, 0.25) is 0 Å². The van der Waals surface area contributed by atoms with Crippen molar-refractivity contribution < 1.29 is 5.11 Å². The molecule has 1 aromatic carbocycles. The number of halogens is 1. The second kappa shape index (κ2) is 8.25. The van der Waals surface area contributed by atoms with Crippen LogP contribution in [0.25, 0.3) is 0 Å². The van der Waals surface area contributed by atoms with Crippen LogP contribution in [-0.4, -0.2) is 60.3 Å². The van der Waals surface area contributed by atoms with Crippen LogP contribution in [0.5, 0.6) is 0 Å². The summed E-state index contributed by atoms with van der Waals surface area (Å²) in [4.78, 5) is 4.80. The zero-order valence-electron chi connectivity index (χ0n) is 12.7. The van der Waals surface area contributed by atoms with Gasteiger partial charge in [-0.15, -0.1) is 0 Å². The summed E-state index contributed by atoms with van der Waals surface area (Å²) in [6, 6.07) is 8.77. The Labute approximate surface area is 136 Å². The van der Waals surface area contributed by atoms with E-state index >= 15 is 0 Å². The number of piperazine rings is 1. The third-order valence-corrected chi connectivity index (χ3v) is 5.04. The van der Waals surface area contributed by atoms with Crippen molar-refractivity contribution >= 4 is 15.9 Å². The van der Waals surface area contributed by atoms with Crippen molar-refractivity contribution in [2.45, 2.75) is 25.4 Å². The Balaban J connectivity index is 2.13. The highest BCUT2D eigenvalue weighted by atomic mass is 79.9. The Bertz CT molecular complexity index is 435. The van der Waals surface area contributed by atoms with Gasteiger partial charge < -0.3 is 10.8 Å². The van der Waals surface area contributed by atoms with Crippen LogP contribution in [0.1, 0.15) is 24.9 Å². The molecule has 0 saturated carbocycles. The quantitative estimate of drug-likeness (QED) is 0.817. The molecule has 0 radical (unpaired) electrons. The summed E-state index contributed by atoms with van der Waals surface area (Å²) in [7, 11) is 0. The van der Waals surface area contributed by atoms with Gasteiger partial charge in [0.15, 0.2) is 0 Å². The molecule has 2 atom stereocenters. The van der Waals surface area contributed by atoms with Gasteiger partial charge in [-0.1, -0.05) is 41.1 Å². The standard InChI is InChI=1S/C16H26BrN3O/c1-2-15(18)16(13-5-3-4-6-14(13)17)20-9-7-19(8-10-20)11-12-21/h3-6,15-16,21H,2,7-12,18H2,1H3. The number of nitrogens with two attached hydrogens (primary N) is 1. The molecule has 1 fully saturated rings. The predicted molar refractivity (Wildman–Crippen MR) is 90.2 cm³/mol. The fraction of sp³-hybridized carbons (Fsp3) is 0.625. The van der Waals surface area contributed by atoms with Gasteiger partial charge in [0.05, 0.1) is 12.6 Å². The average Bonchev–Trinajstić information content (AvgIpc) is 2.51. The monoisotopic (exact) mass is 355 g/mol. The van der Waals surface area contributed by atoms with Gasteiger partial charge in [0.25, 0.3) is 0 Å². The van der Waals surface area contributed by atoms with E-state index in [2.05, 4.69) is 50.9 Å². The Morgan fingerprint density at radius 1 is 1.24 bits per heavy atom.